The van der Waals surface area contributed by atoms with E-state index in [-0.39, 0.29) is 5.91 Å². The Kier molecular flexibility index (Phi) is 6.46. The topological polar surface area (TPSA) is 79.2 Å². The summed E-state index contributed by atoms with van der Waals surface area (Å²) in [4.78, 5) is 26.7. The largest absolute Gasteiger partial charge is 0.354 e. The Morgan fingerprint density at radius 3 is 2.54 bits per heavy atom. The maximum Gasteiger partial charge on any atom is 0.257 e. The summed E-state index contributed by atoms with van der Waals surface area (Å²) in [6, 6.07) is 11.7. The monoisotopic (exact) mass is 469 g/mol. The first-order chi connectivity index (χ1) is 16.9. The first kappa shape index (κ1) is 23.0. The predicted molar refractivity (Wildman–Crippen MR) is 140 cm³/mol. The SMILES string of the molecule is CC(C)CN1CCN(c2cc(C(=O)Nc3cc4cc(-c5cnn(C)c5)ccc4cn3)ccn2)CC1. The molecule has 3 aromatic heterocycles. The van der Waals surface area contributed by atoms with Gasteiger partial charge in [-0.25, -0.2) is 9.97 Å². The average Bonchev–Trinajstić information content (AvgIpc) is 3.30. The second-order valence-corrected chi connectivity index (χ2v) is 9.57. The third-order valence-corrected chi connectivity index (χ3v) is 6.33. The Hall–Kier alpha value is -3.78. The average molecular weight is 470 g/mol. The van der Waals surface area contributed by atoms with Crippen molar-refractivity contribution in [3.63, 3.8) is 0 Å². The van der Waals surface area contributed by atoms with Crippen LogP contribution < -0.4 is 10.2 Å². The van der Waals surface area contributed by atoms with Crippen molar-refractivity contribution in [1.29, 1.82) is 0 Å². The molecule has 1 aromatic carbocycles. The molecular weight excluding hydrogens is 438 g/mol. The number of aromatic nitrogens is 4. The van der Waals surface area contributed by atoms with Gasteiger partial charge in [0.05, 0.1) is 6.20 Å². The zero-order chi connectivity index (χ0) is 24.4. The molecule has 8 nitrogen and oxygen atoms in total. The zero-order valence-corrected chi connectivity index (χ0v) is 20.5. The lowest BCUT2D eigenvalue weighted by Gasteiger charge is -2.36. The normalized spacial score (nSPS) is 14.6. The van der Waals surface area contributed by atoms with Crippen molar-refractivity contribution in [3.8, 4) is 11.1 Å². The van der Waals surface area contributed by atoms with Crippen LogP contribution in [0.1, 0.15) is 24.2 Å². The van der Waals surface area contributed by atoms with Gasteiger partial charge in [0.25, 0.3) is 5.91 Å². The molecule has 1 saturated heterocycles. The highest BCUT2D eigenvalue weighted by atomic mass is 16.1. The Morgan fingerprint density at radius 1 is 0.971 bits per heavy atom. The summed E-state index contributed by atoms with van der Waals surface area (Å²) >= 11 is 0. The van der Waals surface area contributed by atoms with E-state index in [1.807, 2.05) is 37.6 Å². The summed E-state index contributed by atoms with van der Waals surface area (Å²) in [7, 11) is 1.90. The fraction of sp³-hybridized carbons (Fsp3) is 0.333. The van der Waals surface area contributed by atoms with Crippen molar-refractivity contribution < 1.29 is 4.79 Å². The number of anilines is 2. The van der Waals surface area contributed by atoms with E-state index in [0.717, 1.165) is 60.4 Å². The van der Waals surface area contributed by atoms with Crippen molar-refractivity contribution in [2.75, 3.05) is 42.9 Å². The van der Waals surface area contributed by atoms with E-state index in [1.165, 1.54) is 0 Å². The molecule has 0 atom stereocenters. The van der Waals surface area contributed by atoms with Crippen LogP contribution in [0.5, 0.6) is 0 Å². The van der Waals surface area contributed by atoms with Gasteiger partial charge < -0.3 is 10.2 Å². The van der Waals surface area contributed by atoms with Gasteiger partial charge in [0, 0.05) is 74.9 Å². The summed E-state index contributed by atoms with van der Waals surface area (Å²) < 4.78 is 1.78. The number of carbonyl (C=O) groups is 1. The minimum atomic E-state index is -0.192. The van der Waals surface area contributed by atoms with Gasteiger partial charge in [-0.15, -0.1) is 0 Å². The van der Waals surface area contributed by atoms with Crippen LogP contribution in [-0.2, 0) is 7.05 Å². The molecule has 0 aliphatic carbocycles. The van der Waals surface area contributed by atoms with Gasteiger partial charge in [0.2, 0.25) is 0 Å². The first-order valence-electron chi connectivity index (χ1n) is 12.1. The van der Waals surface area contributed by atoms with E-state index in [1.54, 1.807) is 23.1 Å². The maximum absolute atomic E-state index is 13.0. The number of rotatable bonds is 6. The highest BCUT2D eigenvalue weighted by Gasteiger charge is 2.19. The molecule has 1 fully saturated rings. The molecule has 0 radical (unpaired) electrons. The fourth-order valence-electron chi connectivity index (χ4n) is 4.56. The van der Waals surface area contributed by atoms with Gasteiger partial charge in [0.1, 0.15) is 11.6 Å². The van der Waals surface area contributed by atoms with Crippen LogP contribution in [0.25, 0.3) is 21.9 Å². The Morgan fingerprint density at radius 2 is 1.80 bits per heavy atom. The van der Waals surface area contributed by atoms with Crippen molar-refractivity contribution in [1.82, 2.24) is 24.6 Å². The van der Waals surface area contributed by atoms with Crippen molar-refractivity contribution in [3.05, 3.63) is 66.7 Å². The summed E-state index contributed by atoms with van der Waals surface area (Å²) in [5, 5.41) is 9.23. The minimum absolute atomic E-state index is 0.192. The predicted octanol–water partition coefficient (Wildman–Crippen LogP) is 4.06. The molecule has 0 saturated carbocycles. The second-order valence-electron chi connectivity index (χ2n) is 9.57. The lowest BCUT2D eigenvalue weighted by molar-refractivity contribution is 0.102. The molecular formula is C27H31N7O. The molecule has 35 heavy (non-hydrogen) atoms. The lowest BCUT2D eigenvalue weighted by atomic mass is 10.1. The number of pyridine rings is 2. The number of hydrogen-bond acceptors (Lipinski definition) is 6. The number of aryl methyl sites for hydroxylation is 1. The zero-order valence-electron chi connectivity index (χ0n) is 20.5. The Labute approximate surface area is 205 Å². The van der Waals surface area contributed by atoms with Gasteiger partial charge in [-0.1, -0.05) is 26.0 Å². The minimum Gasteiger partial charge on any atom is -0.354 e. The quantitative estimate of drug-likeness (QED) is 0.459. The molecule has 1 amide bonds. The summed E-state index contributed by atoms with van der Waals surface area (Å²) in [5.41, 5.74) is 2.69. The molecule has 0 spiro atoms. The van der Waals surface area contributed by atoms with Crippen molar-refractivity contribution in [2.24, 2.45) is 13.0 Å². The summed E-state index contributed by atoms with van der Waals surface area (Å²) in [6.07, 6.45) is 7.32. The van der Waals surface area contributed by atoms with Crippen molar-refractivity contribution in [2.45, 2.75) is 13.8 Å². The van der Waals surface area contributed by atoms with Gasteiger partial charge in [-0.2, -0.15) is 5.10 Å². The van der Waals surface area contributed by atoms with Crippen LogP contribution in [0.2, 0.25) is 0 Å². The highest BCUT2D eigenvalue weighted by molar-refractivity contribution is 6.05. The molecule has 0 unspecified atom stereocenters. The lowest BCUT2D eigenvalue weighted by Crippen LogP contribution is -2.47. The molecule has 1 aliphatic rings. The van der Waals surface area contributed by atoms with Crippen LogP contribution in [0.4, 0.5) is 11.6 Å². The van der Waals surface area contributed by atoms with E-state index >= 15 is 0 Å². The third-order valence-electron chi connectivity index (χ3n) is 6.33. The second kappa shape index (κ2) is 9.84. The summed E-state index contributed by atoms with van der Waals surface area (Å²) in [5.74, 6) is 1.83. The molecule has 4 heterocycles. The fourth-order valence-corrected chi connectivity index (χ4v) is 4.56. The van der Waals surface area contributed by atoms with E-state index in [4.69, 9.17) is 0 Å². The Balaban J connectivity index is 1.29. The highest BCUT2D eigenvalue weighted by Crippen LogP contribution is 2.25. The first-order valence-corrected chi connectivity index (χ1v) is 12.1. The Bertz CT molecular complexity index is 1340. The van der Waals surface area contributed by atoms with E-state index in [0.29, 0.717) is 17.3 Å². The van der Waals surface area contributed by atoms with Crippen LogP contribution in [-0.4, -0.2) is 63.3 Å². The van der Waals surface area contributed by atoms with Crippen LogP contribution >= 0.6 is 0 Å². The van der Waals surface area contributed by atoms with Crippen LogP contribution in [0.3, 0.4) is 0 Å². The molecule has 1 aliphatic heterocycles. The molecule has 180 valence electrons. The maximum atomic E-state index is 13.0. The van der Waals surface area contributed by atoms with E-state index in [9.17, 15) is 4.79 Å². The van der Waals surface area contributed by atoms with E-state index < -0.39 is 0 Å². The molecule has 0 bridgehead atoms. The number of nitrogens with one attached hydrogen (secondary N) is 1. The number of piperazine rings is 1. The van der Waals surface area contributed by atoms with Crippen molar-refractivity contribution >= 4 is 28.3 Å². The molecule has 1 N–H and O–H groups in total. The van der Waals surface area contributed by atoms with Gasteiger partial charge >= 0.3 is 0 Å². The number of amides is 1. The third kappa shape index (κ3) is 5.33. The smallest absolute Gasteiger partial charge is 0.257 e. The van der Waals surface area contributed by atoms with Gasteiger partial charge in [-0.05, 0) is 41.1 Å². The molecule has 8 heteroatoms. The molecule has 4 aromatic rings. The number of benzene rings is 1. The standard InChI is InChI=1S/C27H31N7O/c1-19(2)17-33-8-10-34(11-9-33)26-14-21(6-7-28-26)27(35)31-25-13-23-12-20(4-5-22(23)15-29-25)24-16-30-32(3)18-24/h4-7,12-16,18-19H,8-11,17H2,1-3H3,(H,29,31,35). The van der Waals surface area contributed by atoms with Crippen LogP contribution in [0, 0.1) is 5.92 Å². The van der Waals surface area contributed by atoms with Crippen LogP contribution in [0.15, 0.2) is 61.2 Å². The van der Waals surface area contributed by atoms with Gasteiger partial charge in [-0.3, -0.25) is 14.4 Å². The number of carbonyl (C=O) groups excluding carboxylic acids is 1. The summed E-state index contributed by atoms with van der Waals surface area (Å²) in [6.45, 7) is 9.47. The van der Waals surface area contributed by atoms with Gasteiger partial charge in [0.15, 0.2) is 0 Å². The van der Waals surface area contributed by atoms with E-state index in [2.05, 4.69) is 56.2 Å². The number of fused-ring (bicyclic) bond motifs is 1. The number of hydrogen-bond donors (Lipinski definition) is 1. The number of nitrogens with zero attached hydrogens (tertiary/aromatic N) is 6. The molecule has 5 rings (SSSR count).